The number of rotatable bonds is 3. The Morgan fingerprint density at radius 2 is 1.00 bits per heavy atom. The van der Waals surface area contributed by atoms with Crippen molar-refractivity contribution in [2.75, 3.05) is 0 Å². The summed E-state index contributed by atoms with van der Waals surface area (Å²) in [6.45, 7) is 0. The first-order valence-electron chi connectivity index (χ1n) is 8.83. The molecule has 0 aliphatic heterocycles. The van der Waals surface area contributed by atoms with E-state index in [1.54, 1.807) is 0 Å². The zero-order chi connectivity index (χ0) is 19.8. The third-order valence-corrected chi connectivity index (χ3v) is 4.12. The van der Waals surface area contributed by atoms with E-state index in [0.29, 0.717) is 0 Å². The summed E-state index contributed by atoms with van der Waals surface area (Å²) in [6.07, 6.45) is 5.01. The first-order chi connectivity index (χ1) is 13.6. The van der Waals surface area contributed by atoms with Crippen LogP contribution in [0.15, 0.2) is 109 Å². The van der Waals surface area contributed by atoms with Gasteiger partial charge in [0, 0.05) is 11.1 Å². The summed E-state index contributed by atoms with van der Waals surface area (Å²) in [5.41, 5.74) is 3.50. The molecule has 0 radical (unpaired) electrons. The van der Waals surface area contributed by atoms with Gasteiger partial charge in [-0.05, 0) is 35.4 Å². The number of ketones is 3. The molecule has 1 aliphatic carbocycles. The average Bonchev–Trinajstić information content (AvgIpc) is 2.77. The molecule has 0 unspecified atom stereocenters. The molecule has 0 saturated heterocycles. The Bertz CT molecular complexity index is 1010. The summed E-state index contributed by atoms with van der Waals surface area (Å²) in [4.78, 5) is 33.2. The summed E-state index contributed by atoms with van der Waals surface area (Å²) >= 11 is 0. The van der Waals surface area contributed by atoms with E-state index in [-0.39, 0.29) is 17.3 Å². The van der Waals surface area contributed by atoms with Crippen LogP contribution in [0.1, 0.15) is 15.9 Å². The molecule has 0 saturated carbocycles. The van der Waals surface area contributed by atoms with Gasteiger partial charge in [0.15, 0.2) is 17.3 Å². The van der Waals surface area contributed by atoms with Crippen molar-refractivity contribution in [1.29, 1.82) is 0 Å². The van der Waals surface area contributed by atoms with Crippen LogP contribution in [0.4, 0.5) is 0 Å². The fraction of sp³-hybridized carbons (Fsp3) is 0. The van der Waals surface area contributed by atoms with E-state index in [1.807, 2.05) is 84.9 Å². The Hall–Kier alpha value is -3.85. The van der Waals surface area contributed by atoms with Gasteiger partial charge in [-0.3, -0.25) is 14.4 Å². The van der Waals surface area contributed by atoms with Crippen molar-refractivity contribution in [2.24, 2.45) is 0 Å². The van der Waals surface area contributed by atoms with Crippen molar-refractivity contribution in [1.82, 2.24) is 0 Å². The number of benzene rings is 3. The number of hydrogen-bond donors (Lipinski definition) is 0. The molecule has 0 fully saturated rings. The van der Waals surface area contributed by atoms with Gasteiger partial charge in [0.1, 0.15) is 0 Å². The SMILES string of the molecule is O=C(c1ccccc1)c1ccccc1-c1ccccc1.O=C1C=CC(=O)C=C1. The molecule has 3 heteroatoms. The third kappa shape index (κ3) is 4.86. The van der Waals surface area contributed by atoms with Crippen molar-refractivity contribution in [3.8, 4) is 11.1 Å². The van der Waals surface area contributed by atoms with Crippen LogP contribution in [-0.4, -0.2) is 17.3 Å². The van der Waals surface area contributed by atoms with Crippen LogP contribution in [0.5, 0.6) is 0 Å². The van der Waals surface area contributed by atoms with Gasteiger partial charge in [-0.1, -0.05) is 84.9 Å². The quantitative estimate of drug-likeness (QED) is 0.492. The van der Waals surface area contributed by atoms with Crippen LogP contribution in [0, 0.1) is 0 Å². The lowest BCUT2D eigenvalue weighted by Crippen LogP contribution is -2.03. The summed E-state index contributed by atoms with van der Waals surface area (Å²) in [5.74, 6) is -0.181. The molecule has 0 atom stereocenters. The topological polar surface area (TPSA) is 51.2 Å². The minimum absolute atomic E-state index is 0.0602. The Balaban J connectivity index is 0.000000236. The molecule has 28 heavy (non-hydrogen) atoms. The lowest BCUT2D eigenvalue weighted by Gasteiger charge is -2.09. The minimum Gasteiger partial charge on any atom is -0.290 e. The molecule has 3 nitrogen and oxygen atoms in total. The number of hydrogen-bond acceptors (Lipinski definition) is 3. The van der Waals surface area contributed by atoms with Crippen LogP contribution >= 0.6 is 0 Å². The molecule has 0 amide bonds. The van der Waals surface area contributed by atoms with E-state index in [9.17, 15) is 14.4 Å². The van der Waals surface area contributed by atoms with Crippen molar-refractivity contribution in [2.45, 2.75) is 0 Å². The van der Waals surface area contributed by atoms with Gasteiger partial charge < -0.3 is 0 Å². The first-order valence-corrected chi connectivity index (χ1v) is 8.83. The molecule has 4 rings (SSSR count). The molecule has 0 bridgehead atoms. The smallest absolute Gasteiger partial charge is 0.193 e. The molecule has 0 aromatic heterocycles. The van der Waals surface area contributed by atoms with Crippen LogP contribution in [0.3, 0.4) is 0 Å². The number of carbonyl (C=O) groups is 3. The van der Waals surface area contributed by atoms with Gasteiger partial charge in [0.05, 0.1) is 0 Å². The average molecular weight is 366 g/mol. The lowest BCUT2D eigenvalue weighted by atomic mass is 9.94. The third-order valence-electron chi connectivity index (χ3n) is 4.12. The van der Waals surface area contributed by atoms with Gasteiger partial charge in [0.2, 0.25) is 0 Å². The maximum atomic E-state index is 12.6. The Labute approximate surface area is 163 Å². The minimum atomic E-state index is -0.121. The summed E-state index contributed by atoms with van der Waals surface area (Å²) in [5, 5.41) is 0. The molecule has 3 aromatic rings. The largest absolute Gasteiger partial charge is 0.290 e. The molecule has 3 aromatic carbocycles. The van der Waals surface area contributed by atoms with Crippen LogP contribution < -0.4 is 0 Å². The molecule has 0 N–H and O–H groups in total. The van der Waals surface area contributed by atoms with E-state index in [2.05, 4.69) is 0 Å². The highest BCUT2D eigenvalue weighted by molar-refractivity contribution is 6.14. The first kappa shape index (κ1) is 18.9. The zero-order valence-electron chi connectivity index (χ0n) is 15.1. The van der Waals surface area contributed by atoms with Crippen molar-refractivity contribution in [3.05, 3.63) is 120 Å². The van der Waals surface area contributed by atoms with Crippen molar-refractivity contribution >= 4 is 17.3 Å². The molecular formula is C25H18O3. The van der Waals surface area contributed by atoms with Gasteiger partial charge in [-0.15, -0.1) is 0 Å². The van der Waals surface area contributed by atoms with E-state index >= 15 is 0 Å². The monoisotopic (exact) mass is 366 g/mol. The van der Waals surface area contributed by atoms with Gasteiger partial charge in [-0.25, -0.2) is 0 Å². The second-order valence-corrected chi connectivity index (χ2v) is 6.08. The number of carbonyl (C=O) groups excluding carboxylic acids is 3. The second-order valence-electron chi connectivity index (χ2n) is 6.08. The van der Waals surface area contributed by atoms with E-state index in [1.165, 1.54) is 24.3 Å². The van der Waals surface area contributed by atoms with Crippen LogP contribution in [0.2, 0.25) is 0 Å². The summed E-state index contributed by atoms with van der Waals surface area (Å²) in [6, 6.07) is 27.1. The predicted octanol–water partition coefficient (Wildman–Crippen LogP) is 4.84. The van der Waals surface area contributed by atoms with Crippen LogP contribution in [-0.2, 0) is 9.59 Å². The molecular weight excluding hydrogens is 348 g/mol. The Morgan fingerprint density at radius 1 is 0.536 bits per heavy atom. The number of allylic oxidation sites excluding steroid dienone is 4. The van der Waals surface area contributed by atoms with E-state index < -0.39 is 0 Å². The standard InChI is InChI=1S/C19H14O.C6H4O2/c20-19(16-11-5-2-6-12-16)18-14-8-7-13-17(18)15-9-3-1-4-10-15;7-5-1-2-6(8)4-3-5/h1-14H;1-4H. The van der Waals surface area contributed by atoms with Gasteiger partial charge >= 0.3 is 0 Å². The zero-order valence-corrected chi connectivity index (χ0v) is 15.1. The maximum Gasteiger partial charge on any atom is 0.193 e. The van der Waals surface area contributed by atoms with Crippen molar-refractivity contribution in [3.63, 3.8) is 0 Å². The predicted molar refractivity (Wildman–Crippen MR) is 110 cm³/mol. The molecule has 0 spiro atoms. The van der Waals surface area contributed by atoms with Crippen molar-refractivity contribution < 1.29 is 14.4 Å². The molecule has 0 heterocycles. The fourth-order valence-corrected chi connectivity index (χ4v) is 2.74. The highest BCUT2D eigenvalue weighted by atomic mass is 16.1. The molecule has 136 valence electrons. The van der Waals surface area contributed by atoms with Gasteiger partial charge in [-0.2, -0.15) is 0 Å². The highest BCUT2D eigenvalue weighted by Gasteiger charge is 2.13. The maximum absolute atomic E-state index is 12.6. The van der Waals surface area contributed by atoms with Gasteiger partial charge in [0.25, 0.3) is 0 Å². The summed E-state index contributed by atoms with van der Waals surface area (Å²) in [7, 11) is 0. The van der Waals surface area contributed by atoms with Crippen LogP contribution in [0.25, 0.3) is 11.1 Å². The summed E-state index contributed by atoms with van der Waals surface area (Å²) < 4.78 is 0. The normalized spacial score (nSPS) is 12.3. The Kier molecular flexibility index (Phi) is 6.21. The fourth-order valence-electron chi connectivity index (χ4n) is 2.74. The highest BCUT2D eigenvalue weighted by Crippen LogP contribution is 2.25. The molecule has 1 aliphatic rings. The van der Waals surface area contributed by atoms with E-state index in [0.717, 1.165) is 22.3 Å². The lowest BCUT2D eigenvalue weighted by molar-refractivity contribution is -0.113. The van der Waals surface area contributed by atoms with E-state index in [4.69, 9.17) is 0 Å². The Morgan fingerprint density at radius 3 is 1.57 bits per heavy atom. The second kappa shape index (κ2) is 9.19.